The first-order chi connectivity index (χ1) is 11.5. The molecule has 3 N–H and O–H groups in total. The average Bonchev–Trinajstić information content (AvgIpc) is 2.60. The van der Waals surface area contributed by atoms with Gasteiger partial charge in [0.25, 0.3) is 0 Å². The first kappa shape index (κ1) is 19.0. The van der Waals surface area contributed by atoms with E-state index in [0.717, 1.165) is 37.4 Å². The average molecular weight is 352 g/mol. The number of thioether (sulfide) groups is 1. The standard InChI is InChI=1S/C17H29N5OS/c1-21(2)13-6-9-22(10-7-13)14-4-5-16(19-12-14)20-17(23)15(18)8-11-24-3/h4-5,12-13,15H,6-11,18H2,1-3H3,(H,19,20,23)/t15-/m0/s1. The highest BCUT2D eigenvalue weighted by atomic mass is 32.2. The number of nitrogens with one attached hydrogen (secondary N) is 1. The molecule has 6 nitrogen and oxygen atoms in total. The predicted molar refractivity (Wildman–Crippen MR) is 103 cm³/mol. The molecule has 24 heavy (non-hydrogen) atoms. The lowest BCUT2D eigenvalue weighted by Crippen LogP contribution is -2.42. The molecule has 1 aromatic rings. The molecule has 0 unspecified atom stereocenters. The van der Waals surface area contributed by atoms with E-state index in [1.54, 1.807) is 11.8 Å². The summed E-state index contributed by atoms with van der Waals surface area (Å²) >= 11 is 1.69. The molecule has 1 atom stereocenters. The Hall–Kier alpha value is -1.31. The van der Waals surface area contributed by atoms with Crippen LogP contribution >= 0.6 is 11.8 Å². The van der Waals surface area contributed by atoms with Crippen molar-refractivity contribution in [1.82, 2.24) is 9.88 Å². The molecule has 2 heterocycles. The van der Waals surface area contributed by atoms with Gasteiger partial charge in [-0.3, -0.25) is 4.79 Å². The molecule has 1 saturated heterocycles. The summed E-state index contributed by atoms with van der Waals surface area (Å²) in [6.45, 7) is 2.07. The summed E-state index contributed by atoms with van der Waals surface area (Å²) in [5, 5.41) is 2.79. The van der Waals surface area contributed by atoms with Crippen LogP contribution in [-0.4, -0.2) is 67.1 Å². The molecular weight excluding hydrogens is 322 g/mol. The van der Waals surface area contributed by atoms with E-state index < -0.39 is 6.04 Å². The highest BCUT2D eigenvalue weighted by Gasteiger charge is 2.21. The fraction of sp³-hybridized carbons (Fsp3) is 0.647. The first-order valence-electron chi connectivity index (χ1n) is 8.44. The van der Waals surface area contributed by atoms with E-state index in [4.69, 9.17) is 5.73 Å². The van der Waals surface area contributed by atoms with Crippen molar-refractivity contribution < 1.29 is 4.79 Å². The molecule has 0 radical (unpaired) electrons. The molecule has 1 aliphatic rings. The zero-order valence-electron chi connectivity index (χ0n) is 14.9. The number of pyridine rings is 1. The molecule has 1 fully saturated rings. The van der Waals surface area contributed by atoms with E-state index in [-0.39, 0.29) is 5.91 Å². The van der Waals surface area contributed by atoms with Gasteiger partial charge in [0.1, 0.15) is 5.82 Å². The summed E-state index contributed by atoms with van der Waals surface area (Å²) in [5.74, 6) is 1.27. The molecule has 0 aromatic carbocycles. The SMILES string of the molecule is CSCC[C@H](N)C(=O)Nc1ccc(N2CCC(N(C)C)CC2)cn1. The van der Waals surface area contributed by atoms with Crippen LogP contribution in [0.5, 0.6) is 0 Å². The quantitative estimate of drug-likeness (QED) is 0.778. The molecule has 0 aliphatic carbocycles. The molecular formula is C17H29N5OS. The second kappa shape index (κ2) is 9.25. The Kier molecular flexibility index (Phi) is 7.33. The highest BCUT2D eigenvalue weighted by Crippen LogP contribution is 2.22. The van der Waals surface area contributed by atoms with Gasteiger partial charge in [-0.2, -0.15) is 11.8 Å². The Labute approximate surface area is 149 Å². The number of carbonyl (C=O) groups excluding carboxylic acids is 1. The molecule has 134 valence electrons. The maximum atomic E-state index is 12.0. The summed E-state index contributed by atoms with van der Waals surface area (Å²) in [4.78, 5) is 21.0. The molecule has 2 rings (SSSR count). The second-order valence-corrected chi connectivity index (χ2v) is 7.45. The fourth-order valence-corrected chi connectivity index (χ4v) is 3.37. The first-order valence-corrected chi connectivity index (χ1v) is 9.83. The highest BCUT2D eigenvalue weighted by molar-refractivity contribution is 7.98. The zero-order valence-corrected chi connectivity index (χ0v) is 15.7. The van der Waals surface area contributed by atoms with E-state index >= 15 is 0 Å². The number of anilines is 2. The fourth-order valence-electron chi connectivity index (χ4n) is 2.88. The molecule has 7 heteroatoms. The molecule has 1 amide bonds. The van der Waals surface area contributed by atoms with Gasteiger partial charge in [-0.15, -0.1) is 0 Å². The van der Waals surface area contributed by atoms with Crippen LogP contribution in [0.2, 0.25) is 0 Å². The van der Waals surface area contributed by atoms with Crippen LogP contribution in [0.3, 0.4) is 0 Å². The minimum atomic E-state index is -0.482. The van der Waals surface area contributed by atoms with E-state index in [2.05, 4.69) is 34.2 Å². The van der Waals surface area contributed by atoms with Gasteiger partial charge in [0.15, 0.2) is 0 Å². The minimum Gasteiger partial charge on any atom is -0.370 e. The maximum absolute atomic E-state index is 12.0. The Balaban J connectivity index is 1.86. The van der Waals surface area contributed by atoms with Gasteiger partial charge in [-0.1, -0.05) is 0 Å². The van der Waals surface area contributed by atoms with E-state index in [9.17, 15) is 4.79 Å². The van der Waals surface area contributed by atoms with E-state index in [1.807, 2.05) is 24.6 Å². The van der Waals surface area contributed by atoms with E-state index in [0.29, 0.717) is 18.3 Å². The van der Waals surface area contributed by atoms with Gasteiger partial charge in [-0.25, -0.2) is 4.98 Å². The summed E-state index contributed by atoms with van der Waals surface area (Å²) in [6.07, 6.45) is 6.84. The topological polar surface area (TPSA) is 74.5 Å². The van der Waals surface area contributed by atoms with Crippen molar-refractivity contribution in [1.29, 1.82) is 0 Å². The molecule has 0 bridgehead atoms. The number of carbonyl (C=O) groups is 1. The summed E-state index contributed by atoms with van der Waals surface area (Å²) in [7, 11) is 4.28. The van der Waals surface area contributed by atoms with Crippen LogP contribution in [-0.2, 0) is 4.79 Å². The molecule has 0 saturated carbocycles. The Morgan fingerprint density at radius 1 is 1.46 bits per heavy atom. The third kappa shape index (κ3) is 5.36. The number of hydrogen-bond acceptors (Lipinski definition) is 6. The Bertz CT molecular complexity index is 514. The Morgan fingerprint density at radius 2 is 2.17 bits per heavy atom. The number of rotatable bonds is 7. The summed E-state index contributed by atoms with van der Waals surface area (Å²) in [6, 6.07) is 4.05. The number of piperidine rings is 1. The zero-order chi connectivity index (χ0) is 17.5. The van der Waals surface area contributed by atoms with E-state index in [1.165, 1.54) is 0 Å². The molecule has 1 aliphatic heterocycles. The number of nitrogens with two attached hydrogens (primary N) is 1. The summed E-state index contributed by atoms with van der Waals surface area (Å²) < 4.78 is 0. The van der Waals surface area contributed by atoms with Gasteiger partial charge in [0.2, 0.25) is 5.91 Å². The third-order valence-electron chi connectivity index (χ3n) is 4.53. The molecule has 1 aromatic heterocycles. The van der Waals surface area contributed by atoms with Crippen LogP contribution in [0.25, 0.3) is 0 Å². The van der Waals surface area contributed by atoms with Crippen LogP contribution in [0.4, 0.5) is 11.5 Å². The lowest BCUT2D eigenvalue weighted by molar-refractivity contribution is -0.117. The van der Waals surface area contributed by atoms with Crippen molar-refractivity contribution in [3.8, 4) is 0 Å². The van der Waals surface area contributed by atoms with Crippen molar-refractivity contribution in [3.63, 3.8) is 0 Å². The van der Waals surface area contributed by atoms with Crippen molar-refractivity contribution in [2.24, 2.45) is 5.73 Å². The van der Waals surface area contributed by atoms with Crippen molar-refractivity contribution >= 4 is 29.2 Å². The monoisotopic (exact) mass is 351 g/mol. The third-order valence-corrected chi connectivity index (χ3v) is 5.17. The lowest BCUT2D eigenvalue weighted by Gasteiger charge is -2.36. The van der Waals surface area contributed by atoms with Crippen molar-refractivity contribution in [2.45, 2.75) is 31.3 Å². The van der Waals surface area contributed by atoms with Crippen LogP contribution in [0.1, 0.15) is 19.3 Å². The summed E-state index contributed by atoms with van der Waals surface area (Å²) in [5.41, 5.74) is 6.98. The second-order valence-electron chi connectivity index (χ2n) is 6.46. The van der Waals surface area contributed by atoms with Crippen molar-refractivity contribution in [2.75, 3.05) is 49.4 Å². The van der Waals surface area contributed by atoms with Gasteiger partial charge < -0.3 is 20.9 Å². The van der Waals surface area contributed by atoms with Gasteiger partial charge >= 0.3 is 0 Å². The van der Waals surface area contributed by atoms with Crippen LogP contribution in [0, 0.1) is 0 Å². The smallest absolute Gasteiger partial charge is 0.242 e. The number of amides is 1. The van der Waals surface area contributed by atoms with Gasteiger partial charge in [-0.05, 0) is 57.5 Å². The number of hydrogen-bond donors (Lipinski definition) is 2. The Morgan fingerprint density at radius 3 is 2.71 bits per heavy atom. The van der Waals surface area contributed by atoms with Crippen LogP contribution in [0.15, 0.2) is 18.3 Å². The molecule has 0 spiro atoms. The maximum Gasteiger partial charge on any atom is 0.242 e. The van der Waals surface area contributed by atoms with Crippen molar-refractivity contribution in [3.05, 3.63) is 18.3 Å². The number of aromatic nitrogens is 1. The van der Waals surface area contributed by atoms with Gasteiger partial charge in [0, 0.05) is 19.1 Å². The normalized spacial score (nSPS) is 17.1. The van der Waals surface area contributed by atoms with Crippen LogP contribution < -0.4 is 16.0 Å². The van der Waals surface area contributed by atoms with Gasteiger partial charge in [0.05, 0.1) is 17.9 Å². The largest absolute Gasteiger partial charge is 0.370 e. The predicted octanol–water partition coefficient (Wildman–Crippen LogP) is 1.63. The lowest BCUT2D eigenvalue weighted by atomic mass is 10.0. The number of nitrogens with zero attached hydrogens (tertiary/aromatic N) is 3. The minimum absolute atomic E-state index is 0.170.